The van der Waals surface area contributed by atoms with Crippen molar-refractivity contribution in [1.82, 2.24) is 19.8 Å². The topological polar surface area (TPSA) is 99.7 Å². The maximum absolute atomic E-state index is 12.7. The van der Waals surface area contributed by atoms with Gasteiger partial charge in [0.15, 0.2) is 10.7 Å². The minimum atomic E-state index is -0.390. The highest BCUT2D eigenvalue weighted by Crippen LogP contribution is 2.20. The van der Waals surface area contributed by atoms with E-state index in [0.717, 1.165) is 41.6 Å². The zero-order chi connectivity index (χ0) is 22.3. The SMILES string of the molecule is COc1ccc(CNC(=O)c2nnsc2NC(=O)N2CCN(c3ccccc3)CC2)cc1. The first-order chi connectivity index (χ1) is 15.6. The summed E-state index contributed by atoms with van der Waals surface area (Å²) in [4.78, 5) is 29.3. The summed E-state index contributed by atoms with van der Waals surface area (Å²) >= 11 is 0.987. The summed E-state index contributed by atoms with van der Waals surface area (Å²) in [5.74, 6) is 0.358. The van der Waals surface area contributed by atoms with E-state index in [1.807, 2.05) is 42.5 Å². The Kier molecular flexibility index (Phi) is 6.81. The first kappa shape index (κ1) is 21.6. The first-order valence-electron chi connectivity index (χ1n) is 10.2. The molecule has 2 aromatic carbocycles. The highest BCUT2D eigenvalue weighted by atomic mass is 32.1. The number of benzene rings is 2. The number of piperazine rings is 1. The third kappa shape index (κ3) is 5.14. The van der Waals surface area contributed by atoms with E-state index < -0.39 is 5.91 Å². The molecule has 1 saturated heterocycles. The molecule has 1 aliphatic heterocycles. The van der Waals surface area contributed by atoms with E-state index in [2.05, 4.69) is 37.3 Å². The van der Waals surface area contributed by atoms with Crippen molar-refractivity contribution in [1.29, 1.82) is 0 Å². The van der Waals surface area contributed by atoms with Gasteiger partial charge in [-0.15, -0.1) is 5.10 Å². The maximum Gasteiger partial charge on any atom is 0.322 e. The van der Waals surface area contributed by atoms with Crippen LogP contribution in [0.25, 0.3) is 0 Å². The average Bonchev–Trinajstić information content (AvgIpc) is 3.31. The van der Waals surface area contributed by atoms with E-state index >= 15 is 0 Å². The summed E-state index contributed by atoms with van der Waals surface area (Å²) in [6, 6.07) is 17.3. The molecule has 1 aliphatic rings. The molecule has 0 atom stereocenters. The van der Waals surface area contributed by atoms with Gasteiger partial charge in [0.2, 0.25) is 0 Å². The summed E-state index contributed by atoms with van der Waals surface area (Å²) in [6.07, 6.45) is 0. The summed E-state index contributed by atoms with van der Waals surface area (Å²) in [5.41, 5.74) is 2.18. The van der Waals surface area contributed by atoms with Gasteiger partial charge in [-0.05, 0) is 29.8 Å². The quantitative estimate of drug-likeness (QED) is 0.597. The molecule has 166 valence electrons. The lowest BCUT2D eigenvalue weighted by atomic mass is 10.2. The highest BCUT2D eigenvalue weighted by molar-refractivity contribution is 7.10. The lowest BCUT2D eigenvalue weighted by Crippen LogP contribution is -2.50. The molecule has 0 radical (unpaired) electrons. The number of hydrogen-bond donors (Lipinski definition) is 2. The Morgan fingerprint density at radius 2 is 1.75 bits per heavy atom. The number of nitrogens with one attached hydrogen (secondary N) is 2. The molecule has 1 fully saturated rings. The predicted molar refractivity (Wildman–Crippen MR) is 123 cm³/mol. The van der Waals surface area contributed by atoms with Gasteiger partial charge >= 0.3 is 6.03 Å². The van der Waals surface area contributed by atoms with Crippen LogP contribution in [0.4, 0.5) is 15.5 Å². The third-order valence-electron chi connectivity index (χ3n) is 5.22. The summed E-state index contributed by atoms with van der Waals surface area (Å²) in [5, 5.41) is 9.84. The molecular weight excluding hydrogens is 428 g/mol. The number of carbonyl (C=O) groups excluding carboxylic acids is 2. The molecule has 9 nitrogen and oxygen atoms in total. The number of anilines is 2. The number of para-hydroxylation sites is 1. The average molecular weight is 453 g/mol. The molecule has 0 aliphatic carbocycles. The largest absolute Gasteiger partial charge is 0.497 e. The van der Waals surface area contributed by atoms with Crippen molar-refractivity contribution in [2.24, 2.45) is 0 Å². The van der Waals surface area contributed by atoms with Crippen LogP contribution in [-0.4, -0.2) is 59.7 Å². The Morgan fingerprint density at radius 3 is 2.44 bits per heavy atom. The van der Waals surface area contributed by atoms with E-state index in [-0.39, 0.29) is 11.7 Å². The van der Waals surface area contributed by atoms with E-state index in [1.54, 1.807) is 12.0 Å². The van der Waals surface area contributed by atoms with Crippen LogP contribution in [0.15, 0.2) is 54.6 Å². The third-order valence-corrected chi connectivity index (χ3v) is 5.87. The van der Waals surface area contributed by atoms with Gasteiger partial charge in [-0.3, -0.25) is 10.1 Å². The Balaban J connectivity index is 1.30. The fourth-order valence-corrected chi connectivity index (χ4v) is 3.97. The first-order valence-corrected chi connectivity index (χ1v) is 11.0. The van der Waals surface area contributed by atoms with Crippen molar-refractivity contribution in [3.05, 3.63) is 65.9 Å². The monoisotopic (exact) mass is 452 g/mol. The fourth-order valence-electron chi connectivity index (χ4n) is 3.41. The van der Waals surface area contributed by atoms with Crippen molar-refractivity contribution in [3.63, 3.8) is 0 Å². The lowest BCUT2D eigenvalue weighted by molar-refractivity contribution is 0.0946. The molecule has 2 heterocycles. The fraction of sp³-hybridized carbons (Fsp3) is 0.273. The number of carbonyl (C=O) groups is 2. The minimum Gasteiger partial charge on any atom is -0.497 e. The molecular formula is C22H24N6O3S. The van der Waals surface area contributed by atoms with Gasteiger partial charge in [0.1, 0.15) is 5.75 Å². The van der Waals surface area contributed by atoms with E-state index in [0.29, 0.717) is 24.6 Å². The van der Waals surface area contributed by atoms with E-state index in [1.165, 1.54) is 0 Å². The molecule has 32 heavy (non-hydrogen) atoms. The number of ether oxygens (including phenoxy) is 1. The van der Waals surface area contributed by atoms with Crippen LogP contribution in [0.1, 0.15) is 16.1 Å². The van der Waals surface area contributed by atoms with Gasteiger partial charge in [-0.2, -0.15) is 0 Å². The Morgan fingerprint density at radius 1 is 1.03 bits per heavy atom. The van der Waals surface area contributed by atoms with Crippen molar-refractivity contribution in [3.8, 4) is 5.75 Å². The number of urea groups is 1. The smallest absolute Gasteiger partial charge is 0.322 e. The van der Waals surface area contributed by atoms with Gasteiger partial charge in [-0.25, -0.2) is 4.79 Å². The van der Waals surface area contributed by atoms with Crippen molar-refractivity contribution in [2.45, 2.75) is 6.54 Å². The lowest BCUT2D eigenvalue weighted by Gasteiger charge is -2.35. The Bertz CT molecular complexity index is 1050. The number of aromatic nitrogens is 2. The second-order valence-electron chi connectivity index (χ2n) is 7.22. The van der Waals surface area contributed by atoms with Crippen molar-refractivity contribution in [2.75, 3.05) is 43.5 Å². The zero-order valence-electron chi connectivity index (χ0n) is 17.7. The van der Waals surface area contributed by atoms with Crippen molar-refractivity contribution < 1.29 is 14.3 Å². The molecule has 3 aromatic rings. The van der Waals surface area contributed by atoms with Gasteiger partial charge < -0.3 is 19.9 Å². The van der Waals surface area contributed by atoms with E-state index in [4.69, 9.17) is 4.74 Å². The predicted octanol–water partition coefficient (Wildman–Crippen LogP) is 2.83. The molecule has 1 aromatic heterocycles. The summed E-state index contributed by atoms with van der Waals surface area (Å²) in [6.45, 7) is 2.99. The Hall–Kier alpha value is -3.66. The molecule has 10 heteroatoms. The zero-order valence-corrected chi connectivity index (χ0v) is 18.5. The van der Waals surface area contributed by atoms with Crippen LogP contribution in [0.5, 0.6) is 5.75 Å². The molecule has 3 amide bonds. The summed E-state index contributed by atoms with van der Waals surface area (Å²) in [7, 11) is 1.60. The normalized spacial score (nSPS) is 13.5. The molecule has 0 unspecified atom stereocenters. The van der Waals surface area contributed by atoms with Crippen LogP contribution in [0.2, 0.25) is 0 Å². The van der Waals surface area contributed by atoms with Crippen molar-refractivity contribution >= 4 is 34.2 Å². The van der Waals surface area contributed by atoms with Gasteiger partial charge in [0, 0.05) is 49.9 Å². The molecule has 4 rings (SSSR count). The number of amides is 3. The highest BCUT2D eigenvalue weighted by Gasteiger charge is 2.24. The maximum atomic E-state index is 12.7. The molecule has 2 N–H and O–H groups in total. The van der Waals surface area contributed by atoms with E-state index in [9.17, 15) is 9.59 Å². The number of hydrogen-bond acceptors (Lipinski definition) is 7. The number of rotatable bonds is 6. The van der Waals surface area contributed by atoms with Crippen LogP contribution in [0, 0.1) is 0 Å². The van der Waals surface area contributed by atoms with Crippen LogP contribution < -0.4 is 20.3 Å². The van der Waals surface area contributed by atoms with Gasteiger partial charge in [0.05, 0.1) is 7.11 Å². The second kappa shape index (κ2) is 10.1. The van der Waals surface area contributed by atoms with Crippen LogP contribution >= 0.6 is 11.5 Å². The summed E-state index contributed by atoms with van der Waals surface area (Å²) < 4.78 is 8.98. The van der Waals surface area contributed by atoms with Gasteiger partial charge in [-0.1, -0.05) is 34.8 Å². The second-order valence-corrected chi connectivity index (χ2v) is 7.98. The number of methoxy groups -OCH3 is 1. The molecule has 0 bridgehead atoms. The minimum absolute atomic E-state index is 0.111. The van der Waals surface area contributed by atoms with Gasteiger partial charge in [0.25, 0.3) is 5.91 Å². The molecule has 0 saturated carbocycles. The van der Waals surface area contributed by atoms with Crippen LogP contribution in [0.3, 0.4) is 0 Å². The Labute approximate surface area is 190 Å². The molecule has 0 spiro atoms. The number of nitrogens with zero attached hydrogens (tertiary/aromatic N) is 4. The standard InChI is InChI=1S/C22H24N6O3S/c1-31-18-9-7-16(8-10-18)15-23-20(29)19-21(32-26-25-19)24-22(30)28-13-11-27(12-14-28)17-5-3-2-4-6-17/h2-10H,11-15H2,1H3,(H,23,29)(H,24,30). The van der Waals surface area contributed by atoms with Crippen LogP contribution in [-0.2, 0) is 6.54 Å².